The molecule has 0 atom stereocenters. The second-order valence-corrected chi connectivity index (χ2v) is 6.16. The van der Waals surface area contributed by atoms with Crippen molar-refractivity contribution in [2.45, 2.75) is 59.7 Å². The minimum absolute atomic E-state index is 0.272. The first-order valence-corrected chi connectivity index (χ1v) is 7.95. The van der Waals surface area contributed by atoms with Crippen LogP contribution in [-0.2, 0) is 30.8 Å². The summed E-state index contributed by atoms with van der Waals surface area (Å²) in [5.41, 5.74) is 6.89. The number of carbonyl (C=O) groups is 1. The molecular weight excluding hydrogens is 260 g/mol. The van der Waals surface area contributed by atoms with E-state index in [1.807, 2.05) is 0 Å². The summed E-state index contributed by atoms with van der Waals surface area (Å²) in [6.45, 7) is 9.10. The van der Waals surface area contributed by atoms with Crippen molar-refractivity contribution in [3.8, 4) is 0 Å². The van der Waals surface area contributed by atoms with E-state index in [1.165, 1.54) is 33.3 Å². The average Bonchev–Trinajstić information content (AvgIpc) is 2.99. The zero-order valence-corrected chi connectivity index (χ0v) is 13.3. The van der Waals surface area contributed by atoms with E-state index in [9.17, 15) is 4.79 Å². The van der Waals surface area contributed by atoms with E-state index < -0.39 is 0 Å². The van der Waals surface area contributed by atoms with Crippen molar-refractivity contribution in [1.29, 1.82) is 0 Å². The number of benzene rings is 1. The molecule has 0 saturated carbocycles. The maximum Gasteiger partial charge on any atom is 0.130 e. The topological polar surface area (TPSA) is 34.0 Å². The molecule has 3 rings (SSSR count). The van der Waals surface area contributed by atoms with Crippen LogP contribution in [0.15, 0.2) is 12.1 Å². The van der Waals surface area contributed by atoms with Gasteiger partial charge in [0.25, 0.3) is 0 Å². The van der Waals surface area contributed by atoms with Gasteiger partial charge >= 0.3 is 0 Å². The van der Waals surface area contributed by atoms with E-state index in [1.54, 1.807) is 6.92 Å². The summed E-state index contributed by atoms with van der Waals surface area (Å²) >= 11 is 0. The quantitative estimate of drug-likeness (QED) is 0.912. The molecule has 1 aliphatic rings. The minimum atomic E-state index is 0.272. The molecule has 3 heteroatoms. The first-order valence-electron chi connectivity index (χ1n) is 7.95. The molecule has 1 aliphatic heterocycles. The molecule has 112 valence electrons. The maximum absolute atomic E-state index is 11.4. The van der Waals surface area contributed by atoms with Gasteiger partial charge in [-0.2, -0.15) is 0 Å². The number of Topliss-reactive ketones (excluding diaryl/α,β-unsaturated/α-hetero) is 1. The van der Waals surface area contributed by atoms with Crippen LogP contribution in [0.5, 0.6) is 0 Å². The van der Waals surface area contributed by atoms with Gasteiger partial charge in [0.2, 0.25) is 0 Å². The fraction of sp³-hybridized carbons (Fsp3) is 0.500. The molecule has 21 heavy (non-hydrogen) atoms. The highest BCUT2D eigenvalue weighted by Crippen LogP contribution is 2.31. The van der Waals surface area contributed by atoms with Gasteiger partial charge in [0, 0.05) is 42.7 Å². The van der Waals surface area contributed by atoms with E-state index in [2.05, 4.69) is 35.9 Å². The highest BCUT2D eigenvalue weighted by atomic mass is 16.1. The van der Waals surface area contributed by atoms with E-state index in [-0.39, 0.29) is 5.78 Å². The monoisotopic (exact) mass is 284 g/mol. The van der Waals surface area contributed by atoms with Gasteiger partial charge in [0.1, 0.15) is 5.78 Å². The Morgan fingerprint density at radius 1 is 1.29 bits per heavy atom. The molecule has 0 unspecified atom stereocenters. The highest BCUT2D eigenvalue weighted by Gasteiger charge is 2.18. The lowest BCUT2D eigenvalue weighted by Gasteiger charge is -2.07. The number of carbonyl (C=O) groups excluding carboxylic acids is 1. The largest absolute Gasteiger partial charge is 0.345 e. The summed E-state index contributed by atoms with van der Waals surface area (Å²) in [5.74, 6) is 0.272. The summed E-state index contributed by atoms with van der Waals surface area (Å²) in [6.07, 6.45) is 2.63. The lowest BCUT2D eigenvalue weighted by molar-refractivity contribution is -0.116. The summed E-state index contributed by atoms with van der Waals surface area (Å²) in [5, 5.41) is 4.78. The Kier molecular flexibility index (Phi) is 3.85. The van der Waals surface area contributed by atoms with Crippen molar-refractivity contribution in [3.63, 3.8) is 0 Å². The van der Waals surface area contributed by atoms with Crippen LogP contribution in [0.3, 0.4) is 0 Å². The fourth-order valence-electron chi connectivity index (χ4n) is 3.47. The molecule has 3 nitrogen and oxygen atoms in total. The van der Waals surface area contributed by atoms with Gasteiger partial charge in [-0.15, -0.1) is 0 Å². The van der Waals surface area contributed by atoms with Gasteiger partial charge in [0.15, 0.2) is 0 Å². The molecular formula is C18H24N2O. The molecule has 1 aromatic heterocycles. The van der Waals surface area contributed by atoms with Gasteiger partial charge in [-0.3, -0.25) is 0 Å². The Morgan fingerprint density at radius 3 is 2.67 bits per heavy atom. The highest BCUT2D eigenvalue weighted by molar-refractivity contribution is 5.88. The molecule has 2 heterocycles. The van der Waals surface area contributed by atoms with Crippen LogP contribution in [0, 0.1) is 6.92 Å². The zero-order valence-electron chi connectivity index (χ0n) is 13.3. The Bertz CT molecular complexity index is 697. The third-order valence-corrected chi connectivity index (χ3v) is 4.58. The van der Waals surface area contributed by atoms with Gasteiger partial charge in [0.05, 0.1) is 0 Å². The zero-order chi connectivity index (χ0) is 15.0. The number of hydrogen-bond donors (Lipinski definition) is 1. The fourth-order valence-corrected chi connectivity index (χ4v) is 3.47. The van der Waals surface area contributed by atoms with Crippen LogP contribution < -0.4 is 5.32 Å². The van der Waals surface area contributed by atoms with Crippen LogP contribution in [0.4, 0.5) is 0 Å². The van der Waals surface area contributed by atoms with Crippen molar-refractivity contribution >= 4 is 16.7 Å². The SMILES string of the molecule is CCCn1c(C)c(CCC(C)=O)c2cc3c(cc21)CNC3. The molecule has 0 radical (unpaired) electrons. The second-order valence-electron chi connectivity index (χ2n) is 6.16. The third-order valence-electron chi connectivity index (χ3n) is 4.58. The lowest BCUT2D eigenvalue weighted by Crippen LogP contribution is -2.01. The van der Waals surface area contributed by atoms with Crippen molar-refractivity contribution in [2.24, 2.45) is 0 Å². The normalized spacial score (nSPS) is 13.9. The number of fused-ring (bicyclic) bond motifs is 2. The number of ketones is 1. The predicted molar refractivity (Wildman–Crippen MR) is 86.5 cm³/mol. The summed E-state index contributed by atoms with van der Waals surface area (Å²) in [6, 6.07) is 4.70. The predicted octanol–water partition coefficient (Wildman–Crippen LogP) is 3.48. The maximum atomic E-state index is 11.4. The van der Waals surface area contributed by atoms with Gasteiger partial charge in [-0.05, 0) is 55.5 Å². The van der Waals surface area contributed by atoms with Crippen molar-refractivity contribution in [2.75, 3.05) is 0 Å². The summed E-state index contributed by atoms with van der Waals surface area (Å²) in [7, 11) is 0. The van der Waals surface area contributed by atoms with E-state index in [0.29, 0.717) is 6.42 Å². The van der Waals surface area contributed by atoms with E-state index in [0.717, 1.165) is 32.5 Å². The minimum Gasteiger partial charge on any atom is -0.345 e. The standard InChI is InChI=1S/C18H24N2O/c1-4-7-20-13(3)16(6-5-12(2)21)17-8-14-10-19-11-15(14)9-18(17)20/h8-9,19H,4-7,10-11H2,1-3H3. The second kappa shape index (κ2) is 5.64. The molecule has 0 amide bonds. The number of nitrogens with zero attached hydrogens (tertiary/aromatic N) is 1. The molecule has 0 bridgehead atoms. The van der Waals surface area contributed by atoms with Crippen LogP contribution in [-0.4, -0.2) is 10.4 Å². The third kappa shape index (κ3) is 2.51. The smallest absolute Gasteiger partial charge is 0.130 e. The number of nitrogens with one attached hydrogen (secondary N) is 1. The molecule has 2 aromatic rings. The number of aryl methyl sites for hydroxylation is 2. The van der Waals surface area contributed by atoms with Crippen molar-refractivity contribution < 1.29 is 4.79 Å². The van der Waals surface area contributed by atoms with Crippen molar-refractivity contribution in [3.05, 3.63) is 34.5 Å². The van der Waals surface area contributed by atoms with Crippen LogP contribution in [0.1, 0.15) is 49.1 Å². The Hall–Kier alpha value is -1.61. The molecule has 0 saturated heterocycles. The van der Waals surface area contributed by atoms with Gasteiger partial charge < -0.3 is 14.7 Å². The van der Waals surface area contributed by atoms with Crippen LogP contribution >= 0.6 is 0 Å². The van der Waals surface area contributed by atoms with Gasteiger partial charge in [-0.1, -0.05) is 6.92 Å². The molecule has 1 N–H and O–H groups in total. The Balaban J connectivity index is 2.15. The number of hydrogen-bond acceptors (Lipinski definition) is 2. The average molecular weight is 284 g/mol. The molecule has 0 aliphatic carbocycles. The Morgan fingerprint density at radius 2 is 2.00 bits per heavy atom. The van der Waals surface area contributed by atoms with E-state index >= 15 is 0 Å². The van der Waals surface area contributed by atoms with Crippen LogP contribution in [0.25, 0.3) is 10.9 Å². The summed E-state index contributed by atoms with van der Waals surface area (Å²) in [4.78, 5) is 11.4. The number of rotatable bonds is 5. The molecule has 0 fully saturated rings. The van der Waals surface area contributed by atoms with Crippen LogP contribution in [0.2, 0.25) is 0 Å². The molecule has 1 aromatic carbocycles. The molecule has 0 spiro atoms. The number of aromatic nitrogens is 1. The first kappa shape index (κ1) is 14.3. The van der Waals surface area contributed by atoms with Gasteiger partial charge in [-0.25, -0.2) is 0 Å². The lowest BCUT2D eigenvalue weighted by atomic mass is 10.0. The van der Waals surface area contributed by atoms with E-state index in [4.69, 9.17) is 0 Å². The Labute approximate surface area is 126 Å². The van der Waals surface area contributed by atoms with Crippen molar-refractivity contribution in [1.82, 2.24) is 9.88 Å². The first-order chi connectivity index (χ1) is 10.1. The summed E-state index contributed by atoms with van der Waals surface area (Å²) < 4.78 is 2.43.